The topological polar surface area (TPSA) is 78.4 Å². The number of piperidine rings is 1. The van der Waals surface area contributed by atoms with Crippen LogP contribution in [0, 0.1) is 5.92 Å². The molecule has 16 heavy (non-hydrogen) atoms. The summed E-state index contributed by atoms with van der Waals surface area (Å²) in [5, 5.41) is 14.5. The maximum absolute atomic E-state index is 11.8. The lowest BCUT2D eigenvalue weighted by Crippen LogP contribution is -2.52. The Morgan fingerprint density at radius 3 is 2.75 bits per heavy atom. The zero-order valence-corrected chi connectivity index (χ0v) is 9.82. The van der Waals surface area contributed by atoms with Gasteiger partial charge < -0.3 is 15.7 Å². The number of carbonyl (C=O) groups excluding carboxylic acids is 1. The molecule has 1 aliphatic rings. The molecule has 3 atom stereocenters. The van der Waals surface area contributed by atoms with Crippen LogP contribution in [0.25, 0.3) is 0 Å². The maximum atomic E-state index is 11.8. The Kier molecular flexibility index (Phi) is 4.73. The molecule has 0 radical (unpaired) electrons. The van der Waals surface area contributed by atoms with Crippen molar-refractivity contribution in [3.63, 3.8) is 0 Å². The summed E-state index contributed by atoms with van der Waals surface area (Å²) in [5.74, 6) is -0.651. The summed E-state index contributed by atoms with van der Waals surface area (Å²) in [4.78, 5) is 22.6. The van der Waals surface area contributed by atoms with Crippen LogP contribution in [0.15, 0.2) is 0 Å². The third kappa shape index (κ3) is 3.48. The van der Waals surface area contributed by atoms with Gasteiger partial charge in [-0.2, -0.15) is 0 Å². The van der Waals surface area contributed by atoms with Crippen molar-refractivity contribution in [1.29, 1.82) is 0 Å². The van der Waals surface area contributed by atoms with Crippen molar-refractivity contribution >= 4 is 11.9 Å². The lowest BCUT2D eigenvalue weighted by atomic mass is 9.94. The van der Waals surface area contributed by atoms with Crippen LogP contribution in [0.4, 0.5) is 0 Å². The Labute approximate surface area is 95.6 Å². The molecule has 0 aliphatic carbocycles. The second-order valence-electron chi connectivity index (χ2n) is 4.44. The van der Waals surface area contributed by atoms with Crippen molar-refractivity contribution in [3.05, 3.63) is 0 Å². The molecule has 2 unspecified atom stereocenters. The molecule has 3 N–H and O–H groups in total. The van der Waals surface area contributed by atoms with Gasteiger partial charge in [0.1, 0.15) is 6.04 Å². The summed E-state index contributed by atoms with van der Waals surface area (Å²) in [5.41, 5.74) is 0. The second kappa shape index (κ2) is 5.84. The molecule has 0 saturated carbocycles. The number of hydrogen-bond donors (Lipinski definition) is 3. The molecule has 0 spiro atoms. The molecule has 1 saturated heterocycles. The Balaban J connectivity index is 2.47. The molecule has 5 nitrogen and oxygen atoms in total. The first-order valence-corrected chi connectivity index (χ1v) is 5.81. The highest BCUT2D eigenvalue weighted by Crippen LogP contribution is 2.15. The molecule has 5 heteroatoms. The highest BCUT2D eigenvalue weighted by Gasteiger charge is 2.27. The predicted octanol–water partition coefficient (Wildman–Crippen LogP) is 0.354. The van der Waals surface area contributed by atoms with Crippen molar-refractivity contribution in [2.75, 3.05) is 6.54 Å². The molecular weight excluding hydrogens is 208 g/mol. The van der Waals surface area contributed by atoms with E-state index in [-0.39, 0.29) is 11.9 Å². The normalized spacial score (nSPS) is 27.1. The van der Waals surface area contributed by atoms with Gasteiger partial charge in [-0.1, -0.05) is 13.8 Å². The van der Waals surface area contributed by atoms with E-state index in [1.165, 1.54) is 0 Å². The SMILES string of the molecule is CC[C@@H](NC(=O)C1CC(C)CCN1)C(=O)O. The highest BCUT2D eigenvalue weighted by atomic mass is 16.4. The van der Waals surface area contributed by atoms with Crippen molar-refractivity contribution in [2.45, 2.75) is 45.2 Å². The summed E-state index contributed by atoms with van der Waals surface area (Å²) in [6.45, 7) is 4.68. The Morgan fingerprint density at radius 2 is 2.25 bits per heavy atom. The van der Waals surface area contributed by atoms with E-state index >= 15 is 0 Å². The minimum Gasteiger partial charge on any atom is -0.480 e. The van der Waals surface area contributed by atoms with Crippen LogP contribution in [0.5, 0.6) is 0 Å². The van der Waals surface area contributed by atoms with Gasteiger partial charge in [0.05, 0.1) is 6.04 Å². The fourth-order valence-corrected chi connectivity index (χ4v) is 1.92. The van der Waals surface area contributed by atoms with E-state index in [1.54, 1.807) is 6.92 Å². The largest absolute Gasteiger partial charge is 0.480 e. The van der Waals surface area contributed by atoms with Crippen LogP contribution in [-0.2, 0) is 9.59 Å². The van der Waals surface area contributed by atoms with Crippen LogP contribution in [0.2, 0.25) is 0 Å². The summed E-state index contributed by atoms with van der Waals surface area (Å²) in [6, 6.07) is -1.01. The zero-order chi connectivity index (χ0) is 12.1. The van der Waals surface area contributed by atoms with Crippen molar-refractivity contribution < 1.29 is 14.7 Å². The van der Waals surface area contributed by atoms with Gasteiger partial charge in [0.15, 0.2) is 0 Å². The number of carboxylic acids is 1. The fraction of sp³-hybridized carbons (Fsp3) is 0.818. The van der Waals surface area contributed by atoms with Gasteiger partial charge in [0, 0.05) is 0 Å². The van der Waals surface area contributed by atoms with E-state index in [1.807, 2.05) is 0 Å². The molecule has 1 heterocycles. The number of nitrogens with one attached hydrogen (secondary N) is 2. The molecule has 0 bridgehead atoms. The first kappa shape index (κ1) is 13.0. The van der Waals surface area contributed by atoms with E-state index in [9.17, 15) is 9.59 Å². The van der Waals surface area contributed by atoms with Gasteiger partial charge >= 0.3 is 5.97 Å². The van der Waals surface area contributed by atoms with Crippen LogP contribution < -0.4 is 10.6 Å². The molecule has 1 fully saturated rings. The van der Waals surface area contributed by atoms with Crippen LogP contribution in [-0.4, -0.2) is 35.6 Å². The van der Waals surface area contributed by atoms with Crippen molar-refractivity contribution in [3.8, 4) is 0 Å². The number of carbonyl (C=O) groups is 2. The van der Waals surface area contributed by atoms with E-state index in [2.05, 4.69) is 17.6 Å². The minimum absolute atomic E-state index is 0.194. The van der Waals surface area contributed by atoms with E-state index in [0.29, 0.717) is 12.3 Å². The highest BCUT2D eigenvalue weighted by molar-refractivity contribution is 5.86. The van der Waals surface area contributed by atoms with E-state index in [0.717, 1.165) is 19.4 Å². The third-order valence-electron chi connectivity index (χ3n) is 3.01. The van der Waals surface area contributed by atoms with E-state index in [4.69, 9.17) is 5.11 Å². The number of carboxylic acid groups (broad SMARTS) is 1. The van der Waals surface area contributed by atoms with Gasteiger partial charge in [0.2, 0.25) is 5.91 Å². The second-order valence-corrected chi connectivity index (χ2v) is 4.44. The Bertz CT molecular complexity index is 268. The molecule has 1 amide bonds. The number of rotatable bonds is 4. The molecular formula is C11H20N2O3. The summed E-state index contributed by atoms with van der Waals surface area (Å²) >= 11 is 0. The monoisotopic (exact) mass is 228 g/mol. The standard InChI is InChI=1S/C11H20N2O3/c1-3-8(11(15)16)13-10(14)9-6-7(2)4-5-12-9/h7-9,12H,3-6H2,1-2H3,(H,13,14)(H,15,16)/t7?,8-,9?/m1/s1. The summed E-state index contributed by atoms with van der Waals surface area (Å²) in [7, 11) is 0. The average molecular weight is 228 g/mol. The number of aliphatic carboxylic acids is 1. The van der Waals surface area contributed by atoms with E-state index < -0.39 is 12.0 Å². The lowest BCUT2D eigenvalue weighted by Gasteiger charge is -2.28. The van der Waals surface area contributed by atoms with Crippen LogP contribution >= 0.6 is 0 Å². The average Bonchev–Trinajstić information content (AvgIpc) is 2.25. The predicted molar refractivity (Wildman–Crippen MR) is 60.0 cm³/mol. The fourth-order valence-electron chi connectivity index (χ4n) is 1.92. The molecule has 92 valence electrons. The summed E-state index contributed by atoms with van der Waals surface area (Å²) in [6.07, 6.45) is 2.26. The van der Waals surface area contributed by atoms with Crippen molar-refractivity contribution in [2.24, 2.45) is 5.92 Å². The first-order chi connectivity index (χ1) is 7.54. The van der Waals surface area contributed by atoms with Gasteiger partial charge in [0.25, 0.3) is 0 Å². The Morgan fingerprint density at radius 1 is 1.56 bits per heavy atom. The third-order valence-corrected chi connectivity index (χ3v) is 3.01. The van der Waals surface area contributed by atoms with Crippen LogP contribution in [0.3, 0.4) is 0 Å². The van der Waals surface area contributed by atoms with Gasteiger partial charge in [-0.3, -0.25) is 4.79 Å². The smallest absolute Gasteiger partial charge is 0.326 e. The minimum atomic E-state index is -0.972. The molecule has 0 aromatic rings. The molecule has 0 aromatic carbocycles. The lowest BCUT2D eigenvalue weighted by molar-refractivity contribution is -0.142. The quantitative estimate of drug-likeness (QED) is 0.649. The molecule has 0 aromatic heterocycles. The van der Waals surface area contributed by atoms with Gasteiger partial charge in [-0.05, 0) is 31.7 Å². The molecule has 1 rings (SSSR count). The molecule has 1 aliphatic heterocycles. The number of hydrogen-bond acceptors (Lipinski definition) is 3. The van der Waals surface area contributed by atoms with Gasteiger partial charge in [-0.15, -0.1) is 0 Å². The maximum Gasteiger partial charge on any atom is 0.326 e. The van der Waals surface area contributed by atoms with Gasteiger partial charge in [-0.25, -0.2) is 4.79 Å². The first-order valence-electron chi connectivity index (χ1n) is 5.81. The zero-order valence-electron chi connectivity index (χ0n) is 9.82. The van der Waals surface area contributed by atoms with Crippen molar-refractivity contribution in [1.82, 2.24) is 10.6 Å². The summed E-state index contributed by atoms with van der Waals surface area (Å²) < 4.78 is 0. The number of amides is 1. The van der Waals surface area contributed by atoms with Crippen LogP contribution in [0.1, 0.15) is 33.1 Å². The Hall–Kier alpha value is -1.10.